The van der Waals surface area contributed by atoms with Gasteiger partial charge in [0.2, 0.25) is 10.0 Å². The van der Waals surface area contributed by atoms with Crippen LogP contribution in [0, 0.1) is 0 Å². The molecule has 1 aromatic heterocycles. The van der Waals surface area contributed by atoms with E-state index in [1.54, 1.807) is 16.9 Å². The fourth-order valence-corrected chi connectivity index (χ4v) is 3.25. The summed E-state index contributed by atoms with van der Waals surface area (Å²) in [4.78, 5) is 12.0. The quantitative estimate of drug-likeness (QED) is 0.736. The highest BCUT2D eigenvalue weighted by Gasteiger charge is 2.26. The second kappa shape index (κ2) is 8.45. The summed E-state index contributed by atoms with van der Waals surface area (Å²) in [6.45, 7) is 3.99. The summed E-state index contributed by atoms with van der Waals surface area (Å²) in [6.07, 6.45) is 4.48. The van der Waals surface area contributed by atoms with E-state index in [9.17, 15) is 13.2 Å². The number of nitrogens with one attached hydrogen (secondary N) is 2. The van der Waals surface area contributed by atoms with Crippen LogP contribution in [0.25, 0.3) is 0 Å². The number of hydrogen-bond acceptors (Lipinski definition) is 5. The Morgan fingerprint density at radius 1 is 1.50 bits per heavy atom. The summed E-state index contributed by atoms with van der Waals surface area (Å²) in [5.74, 6) is 0.628. The van der Waals surface area contributed by atoms with Crippen LogP contribution in [0.1, 0.15) is 19.8 Å². The molecule has 2 heterocycles. The van der Waals surface area contributed by atoms with Crippen molar-refractivity contribution in [3.05, 3.63) is 12.3 Å². The first-order valence-corrected chi connectivity index (χ1v) is 9.88. The number of amides is 2. The minimum absolute atomic E-state index is 0.237. The molecule has 1 aliphatic rings. The molecular weight excluding hydrogens is 334 g/mol. The first-order chi connectivity index (χ1) is 11.4. The number of aryl methyl sites for hydroxylation is 1. The Labute approximate surface area is 142 Å². The third kappa shape index (κ3) is 5.46. The Balaban J connectivity index is 1.80. The van der Waals surface area contributed by atoms with Gasteiger partial charge in [-0.2, -0.15) is 9.40 Å². The van der Waals surface area contributed by atoms with Gasteiger partial charge in [-0.25, -0.2) is 17.9 Å². The topological polar surface area (TPSA) is 106 Å². The minimum atomic E-state index is -3.24. The van der Waals surface area contributed by atoms with Crippen molar-refractivity contribution in [2.24, 2.45) is 0 Å². The fraction of sp³-hybridized carbons (Fsp3) is 0.714. The van der Waals surface area contributed by atoms with Crippen LogP contribution in [0.4, 0.5) is 10.6 Å². The monoisotopic (exact) mass is 359 g/mol. The van der Waals surface area contributed by atoms with Gasteiger partial charge in [-0.1, -0.05) is 13.3 Å². The van der Waals surface area contributed by atoms with E-state index in [-0.39, 0.29) is 25.2 Å². The Bertz CT molecular complexity index is 645. The molecule has 9 nitrogen and oxygen atoms in total. The molecule has 1 aromatic rings. The average Bonchev–Trinajstić information content (AvgIpc) is 2.97. The van der Waals surface area contributed by atoms with E-state index < -0.39 is 10.0 Å². The molecule has 2 amide bonds. The van der Waals surface area contributed by atoms with Crippen molar-refractivity contribution in [2.45, 2.75) is 32.4 Å². The average molecular weight is 359 g/mol. The van der Waals surface area contributed by atoms with Gasteiger partial charge in [0, 0.05) is 32.2 Å². The molecule has 0 aliphatic carbocycles. The van der Waals surface area contributed by atoms with E-state index in [1.165, 1.54) is 10.6 Å². The van der Waals surface area contributed by atoms with E-state index in [1.807, 2.05) is 0 Å². The highest BCUT2D eigenvalue weighted by atomic mass is 32.2. The van der Waals surface area contributed by atoms with Crippen LogP contribution in [0.2, 0.25) is 0 Å². The van der Waals surface area contributed by atoms with Crippen LogP contribution < -0.4 is 10.6 Å². The van der Waals surface area contributed by atoms with Gasteiger partial charge in [0.25, 0.3) is 0 Å². The number of carbonyl (C=O) groups excluding carboxylic acids is 1. The summed E-state index contributed by atoms with van der Waals surface area (Å²) in [5.41, 5.74) is 0. The summed E-state index contributed by atoms with van der Waals surface area (Å²) >= 11 is 0. The van der Waals surface area contributed by atoms with Gasteiger partial charge in [0.05, 0.1) is 25.2 Å². The maximum Gasteiger partial charge on any atom is 0.320 e. The molecule has 0 aromatic carbocycles. The molecule has 1 aliphatic heterocycles. The van der Waals surface area contributed by atoms with Gasteiger partial charge >= 0.3 is 6.03 Å². The maximum atomic E-state index is 12.0. The maximum absolute atomic E-state index is 12.0. The van der Waals surface area contributed by atoms with Crippen molar-refractivity contribution in [1.82, 2.24) is 19.4 Å². The largest absolute Gasteiger partial charge is 0.374 e. The molecule has 1 unspecified atom stereocenters. The lowest BCUT2D eigenvalue weighted by molar-refractivity contribution is 0.00167. The second-order valence-electron chi connectivity index (χ2n) is 5.74. The number of carbonyl (C=O) groups is 1. The third-order valence-corrected chi connectivity index (χ3v) is 5.01. The lowest BCUT2D eigenvalue weighted by atomic mass is 10.3. The number of sulfonamides is 1. The lowest BCUT2D eigenvalue weighted by Gasteiger charge is -2.31. The number of hydrogen-bond donors (Lipinski definition) is 2. The number of aromatic nitrogens is 2. The zero-order chi connectivity index (χ0) is 17.6. The predicted octanol–water partition coefficient (Wildman–Crippen LogP) is 0.465. The normalized spacial score (nSPS) is 19.2. The second-order valence-corrected chi connectivity index (χ2v) is 7.72. The molecule has 0 bridgehead atoms. The van der Waals surface area contributed by atoms with E-state index in [0.29, 0.717) is 19.0 Å². The zero-order valence-electron chi connectivity index (χ0n) is 14.1. The molecule has 2 rings (SSSR count). The molecule has 10 heteroatoms. The van der Waals surface area contributed by atoms with Crippen LogP contribution in [0.3, 0.4) is 0 Å². The lowest BCUT2D eigenvalue weighted by Crippen LogP contribution is -2.49. The SMILES string of the molecule is CCCCn1nccc1NC(=O)NCC1CN(S(C)(=O)=O)CCO1. The van der Waals surface area contributed by atoms with Gasteiger partial charge in [-0.15, -0.1) is 0 Å². The molecule has 0 saturated carbocycles. The summed E-state index contributed by atoms with van der Waals surface area (Å²) < 4.78 is 31.7. The number of nitrogens with zero attached hydrogens (tertiary/aromatic N) is 3. The van der Waals surface area contributed by atoms with Crippen molar-refractivity contribution in [3.8, 4) is 0 Å². The Morgan fingerprint density at radius 3 is 3.00 bits per heavy atom. The minimum Gasteiger partial charge on any atom is -0.374 e. The smallest absolute Gasteiger partial charge is 0.320 e. The number of ether oxygens (including phenoxy) is 1. The molecule has 136 valence electrons. The van der Waals surface area contributed by atoms with Crippen molar-refractivity contribution in [3.63, 3.8) is 0 Å². The zero-order valence-corrected chi connectivity index (χ0v) is 14.9. The molecule has 0 radical (unpaired) electrons. The van der Waals surface area contributed by atoms with Crippen LogP contribution in [-0.2, 0) is 21.3 Å². The van der Waals surface area contributed by atoms with Crippen molar-refractivity contribution < 1.29 is 17.9 Å². The van der Waals surface area contributed by atoms with Gasteiger partial charge < -0.3 is 10.1 Å². The van der Waals surface area contributed by atoms with Crippen LogP contribution >= 0.6 is 0 Å². The molecular formula is C14H25N5O4S. The van der Waals surface area contributed by atoms with E-state index in [0.717, 1.165) is 19.4 Å². The highest BCUT2D eigenvalue weighted by molar-refractivity contribution is 7.88. The number of morpholine rings is 1. The van der Waals surface area contributed by atoms with Crippen molar-refractivity contribution in [1.29, 1.82) is 0 Å². The number of urea groups is 1. The Hall–Kier alpha value is -1.65. The molecule has 1 fully saturated rings. The van der Waals surface area contributed by atoms with Gasteiger partial charge in [-0.3, -0.25) is 5.32 Å². The van der Waals surface area contributed by atoms with E-state index >= 15 is 0 Å². The Morgan fingerprint density at radius 2 is 2.29 bits per heavy atom. The third-order valence-electron chi connectivity index (χ3n) is 3.74. The molecule has 1 atom stereocenters. The van der Waals surface area contributed by atoms with E-state index in [4.69, 9.17) is 4.74 Å². The first-order valence-electron chi connectivity index (χ1n) is 8.03. The van der Waals surface area contributed by atoms with Crippen molar-refractivity contribution in [2.75, 3.05) is 37.8 Å². The number of unbranched alkanes of at least 4 members (excludes halogenated alkanes) is 1. The van der Waals surface area contributed by atoms with Crippen LogP contribution in [0.15, 0.2) is 12.3 Å². The molecule has 24 heavy (non-hydrogen) atoms. The molecule has 1 saturated heterocycles. The molecule has 0 spiro atoms. The Kier molecular flexibility index (Phi) is 6.58. The first kappa shape index (κ1) is 18.7. The summed E-state index contributed by atoms with van der Waals surface area (Å²) in [5, 5.41) is 9.62. The highest BCUT2D eigenvalue weighted by Crippen LogP contribution is 2.09. The van der Waals surface area contributed by atoms with Gasteiger partial charge in [0.1, 0.15) is 5.82 Å². The van der Waals surface area contributed by atoms with Crippen LogP contribution in [0.5, 0.6) is 0 Å². The molecule has 2 N–H and O–H groups in total. The predicted molar refractivity (Wildman–Crippen MR) is 90.3 cm³/mol. The van der Waals surface area contributed by atoms with Gasteiger partial charge in [0.15, 0.2) is 0 Å². The van der Waals surface area contributed by atoms with Crippen LogP contribution in [-0.4, -0.2) is 67.1 Å². The van der Waals surface area contributed by atoms with Crippen molar-refractivity contribution >= 4 is 21.9 Å². The number of rotatable bonds is 7. The fourth-order valence-electron chi connectivity index (χ4n) is 2.41. The van der Waals surface area contributed by atoms with Gasteiger partial charge in [-0.05, 0) is 6.42 Å². The summed E-state index contributed by atoms with van der Waals surface area (Å²) in [6, 6.07) is 1.37. The standard InChI is InChI=1S/C14H25N5O4S/c1-3-4-7-19-13(5-6-16-19)17-14(20)15-10-12-11-18(8-9-23-12)24(2,21)22/h5-6,12H,3-4,7-11H2,1-2H3,(H2,15,17,20). The number of anilines is 1. The summed E-state index contributed by atoms with van der Waals surface area (Å²) in [7, 11) is -3.24. The van der Waals surface area contributed by atoms with E-state index in [2.05, 4.69) is 22.7 Å².